The Morgan fingerprint density at radius 2 is 1.82 bits per heavy atom. The predicted octanol–water partition coefficient (Wildman–Crippen LogP) is 2.25. The van der Waals surface area contributed by atoms with Gasteiger partial charge in [-0.2, -0.15) is 0 Å². The molecule has 0 spiro atoms. The largest absolute Gasteiger partial charge is 0.390 e. The molecule has 0 radical (unpaired) electrons. The fourth-order valence-corrected chi connectivity index (χ4v) is 1.89. The Labute approximate surface area is 108 Å². The minimum atomic E-state index is -0.548. The van der Waals surface area contributed by atoms with E-state index in [0.29, 0.717) is 6.04 Å². The van der Waals surface area contributed by atoms with E-state index >= 15 is 0 Å². The summed E-state index contributed by atoms with van der Waals surface area (Å²) in [7, 11) is 0. The van der Waals surface area contributed by atoms with Crippen LogP contribution in [-0.2, 0) is 0 Å². The summed E-state index contributed by atoms with van der Waals surface area (Å²) in [4.78, 5) is 2.46. The molecule has 1 atom stereocenters. The van der Waals surface area contributed by atoms with E-state index in [1.807, 2.05) is 13.8 Å². The van der Waals surface area contributed by atoms with Gasteiger partial charge in [0.1, 0.15) is 0 Å². The summed E-state index contributed by atoms with van der Waals surface area (Å²) in [6.07, 6.45) is 3.27. The van der Waals surface area contributed by atoms with Crippen LogP contribution >= 0.6 is 0 Å². The standard InChI is InChI=1S/C14H32N2O/c1-6-16(7-2)12-8-9-13(3)15-11-10-14(4,5)17/h13,15,17H,6-12H2,1-5H3. The van der Waals surface area contributed by atoms with Gasteiger partial charge in [-0.05, 0) is 66.2 Å². The maximum absolute atomic E-state index is 9.60. The highest BCUT2D eigenvalue weighted by Gasteiger charge is 2.12. The predicted molar refractivity (Wildman–Crippen MR) is 75.4 cm³/mol. The summed E-state index contributed by atoms with van der Waals surface area (Å²) >= 11 is 0. The van der Waals surface area contributed by atoms with Crippen LogP contribution < -0.4 is 5.32 Å². The maximum atomic E-state index is 9.60. The van der Waals surface area contributed by atoms with Gasteiger partial charge in [-0.1, -0.05) is 13.8 Å². The first-order chi connectivity index (χ1) is 7.89. The van der Waals surface area contributed by atoms with Gasteiger partial charge in [0.25, 0.3) is 0 Å². The van der Waals surface area contributed by atoms with Crippen LogP contribution in [0.15, 0.2) is 0 Å². The Balaban J connectivity index is 3.49. The lowest BCUT2D eigenvalue weighted by molar-refractivity contribution is 0.0704. The van der Waals surface area contributed by atoms with Gasteiger partial charge in [0, 0.05) is 6.04 Å². The second-order valence-electron chi connectivity index (χ2n) is 5.59. The second-order valence-corrected chi connectivity index (χ2v) is 5.59. The van der Waals surface area contributed by atoms with Gasteiger partial charge in [-0.15, -0.1) is 0 Å². The molecule has 0 saturated carbocycles. The fourth-order valence-electron chi connectivity index (χ4n) is 1.89. The minimum absolute atomic E-state index is 0.548. The fraction of sp³-hybridized carbons (Fsp3) is 1.00. The Kier molecular flexibility index (Phi) is 8.83. The lowest BCUT2D eigenvalue weighted by atomic mass is 10.1. The average Bonchev–Trinajstić information content (AvgIpc) is 2.22. The molecule has 3 nitrogen and oxygen atoms in total. The van der Waals surface area contributed by atoms with Gasteiger partial charge >= 0.3 is 0 Å². The normalized spacial score (nSPS) is 14.3. The third-order valence-corrected chi connectivity index (χ3v) is 3.24. The molecule has 0 saturated heterocycles. The molecule has 0 aliphatic heterocycles. The molecule has 17 heavy (non-hydrogen) atoms. The number of hydrogen-bond donors (Lipinski definition) is 2. The van der Waals surface area contributed by atoms with Crippen molar-refractivity contribution >= 4 is 0 Å². The van der Waals surface area contributed by atoms with E-state index in [9.17, 15) is 5.11 Å². The molecule has 0 aromatic carbocycles. The lowest BCUT2D eigenvalue weighted by Crippen LogP contribution is -2.33. The van der Waals surface area contributed by atoms with E-state index in [2.05, 4.69) is 31.0 Å². The van der Waals surface area contributed by atoms with E-state index < -0.39 is 5.60 Å². The molecule has 0 aliphatic rings. The molecule has 0 aromatic heterocycles. The zero-order chi connectivity index (χ0) is 13.3. The van der Waals surface area contributed by atoms with Crippen molar-refractivity contribution in [1.82, 2.24) is 10.2 Å². The molecule has 0 aromatic rings. The number of aliphatic hydroxyl groups is 1. The monoisotopic (exact) mass is 244 g/mol. The van der Waals surface area contributed by atoms with Crippen LogP contribution in [0, 0.1) is 0 Å². The van der Waals surface area contributed by atoms with Gasteiger partial charge in [0.2, 0.25) is 0 Å². The van der Waals surface area contributed by atoms with Crippen molar-refractivity contribution in [2.75, 3.05) is 26.2 Å². The lowest BCUT2D eigenvalue weighted by Gasteiger charge is -2.21. The first kappa shape index (κ1) is 16.9. The van der Waals surface area contributed by atoms with Crippen LogP contribution in [0.3, 0.4) is 0 Å². The van der Waals surface area contributed by atoms with E-state index in [-0.39, 0.29) is 0 Å². The van der Waals surface area contributed by atoms with Crippen LogP contribution in [0.2, 0.25) is 0 Å². The van der Waals surface area contributed by atoms with E-state index in [4.69, 9.17) is 0 Å². The Morgan fingerprint density at radius 1 is 1.24 bits per heavy atom. The highest BCUT2D eigenvalue weighted by molar-refractivity contribution is 4.69. The number of hydrogen-bond acceptors (Lipinski definition) is 3. The number of nitrogens with zero attached hydrogens (tertiary/aromatic N) is 1. The summed E-state index contributed by atoms with van der Waals surface area (Å²) in [6, 6.07) is 0.549. The van der Waals surface area contributed by atoms with Gasteiger partial charge in [-0.3, -0.25) is 0 Å². The molecule has 0 heterocycles. The second kappa shape index (κ2) is 8.90. The van der Waals surface area contributed by atoms with Crippen molar-refractivity contribution in [3.63, 3.8) is 0 Å². The molecule has 0 bridgehead atoms. The Hall–Kier alpha value is -0.120. The SMILES string of the molecule is CCN(CC)CCCC(C)NCCC(C)(C)O. The van der Waals surface area contributed by atoms with Crippen LogP contribution in [0.5, 0.6) is 0 Å². The minimum Gasteiger partial charge on any atom is -0.390 e. The quantitative estimate of drug-likeness (QED) is 0.619. The maximum Gasteiger partial charge on any atom is 0.0603 e. The summed E-state index contributed by atoms with van der Waals surface area (Å²) in [5.41, 5.74) is -0.548. The van der Waals surface area contributed by atoms with Gasteiger partial charge < -0.3 is 15.3 Å². The van der Waals surface area contributed by atoms with Crippen molar-refractivity contribution in [2.45, 2.75) is 65.5 Å². The van der Waals surface area contributed by atoms with Crippen molar-refractivity contribution in [1.29, 1.82) is 0 Å². The van der Waals surface area contributed by atoms with Gasteiger partial charge in [-0.25, -0.2) is 0 Å². The van der Waals surface area contributed by atoms with Crippen molar-refractivity contribution in [3.8, 4) is 0 Å². The first-order valence-electron chi connectivity index (χ1n) is 7.07. The van der Waals surface area contributed by atoms with Gasteiger partial charge in [0.05, 0.1) is 5.60 Å². The molecular weight excluding hydrogens is 212 g/mol. The third kappa shape index (κ3) is 10.7. The van der Waals surface area contributed by atoms with Crippen LogP contribution in [0.1, 0.15) is 53.9 Å². The van der Waals surface area contributed by atoms with E-state index in [1.54, 1.807) is 0 Å². The zero-order valence-corrected chi connectivity index (χ0v) is 12.4. The van der Waals surface area contributed by atoms with Crippen molar-refractivity contribution < 1.29 is 5.11 Å². The topological polar surface area (TPSA) is 35.5 Å². The van der Waals surface area contributed by atoms with Gasteiger partial charge in [0.15, 0.2) is 0 Å². The molecule has 2 N–H and O–H groups in total. The number of nitrogens with one attached hydrogen (secondary N) is 1. The molecule has 0 fully saturated rings. The summed E-state index contributed by atoms with van der Waals surface area (Å²) < 4.78 is 0. The molecule has 3 heteroatoms. The average molecular weight is 244 g/mol. The smallest absolute Gasteiger partial charge is 0.0603 e. The molecule has 0 aliphatic carbocycles. The summed E-state index contributed by atoms with van der Waals surface area (Å²) in [6.45, 7) is 14.8. The third-order valence-electron chi connectivity index (χ3n) is 3.24. The van der Waals surface area contributed by atoms with Crippen molar-refractivity contribution in [2.24, 2.45) is 0 Å². The molecule has 1 unspecified atom stereocenters. The van der Waals surface area contributed by atoms with Crippen LogP contribution in [0.4, 0.5) is 0 Å². The van der Waals surface area contributed by atoms with Crippen LogP contribution in [0.25, 0.3) is 0 Å². The zero-order valence-electron chi connectivity index (χ0n) is 12.4. The summed E-state index contributed by atoms with van der Waals surface area (Å²) in [5.74, 6) is 0. The molecule has 104 valence electrons. The van der Waals surface area contributed by atoms with Crippen molar-refractivity contribution in [3.05, 3.63) is 0 Å². The van der Waals surface area contributed by atoms with E-state index in [0.717, 1.165) is 26.1 Å². The van der Waals surface area contributed by atoms with Crippen LogP contribution in [-0.4, -0.2) is 47.8 Å². The Bertz CT molecular complexity index is 174. The molecule has 0 amide bonds. The first-order valence-corrected chi connectivity index (χ1v) is 7.07. The summed E-state index contributed by atoms with van der Waals surface area (Å²) in [5, 5.41) is 13.1. The van der Waals surface area contributed by atoms with E-state index in [1.165, 1.54) is 19.4 Å². The molecular formula is C14H32N2O. The highest BCUT2D eigenvalue weighted by atomic mass is 16.3. The Morgan fingerprint density at radius 3 is 2.29 bits per heavy atom. The highest BCUT2D eigenvalue weighted by Crippen LogP contribution is 2.06. The molecule has 0 rings (SSSR count). The number of rotatable bonds is 10.